The largest absolute Gasteiger partial charge is 0.492 e. The van der Waals surface area contributed by atoms with E-state index in [1.807, 2.05) is 41.3 Å². The van der Waals surface area contributed by atoms with Crippen molar-refractivity contribution in [2.75, 3.05) is 47.0 Å². The van der Waals surface area contributed by atoms with Crippen molar-refractivity contribution in [3.8, 4) is 34.6 Å². The Labute approximate surface area is 263 Å². The number of halogens is 1. The fourth-order valence-corrected chi connectivity index (χ4v) is 6.32. The molecule has 236 valence electrons. The van der Waals surface area contributed by atoms with E-state index < -0.39 is 12.0 Å². The highest BCUT2D eigenvalue weighted by Crippen LogP contribution is 2.37. The number of hydrogen-bond donors (Lipinski definition) is 1. The molecule has 1 atom stereocenters. The fraction of sp³-hybridized carbons (Fsp3) is 0.485. The Kier molecular flexibility index (Phi) is 10.8. The molecule has 2 aliphatic rings. The average molecular weight is 625 g/mol. The first-order valence-electron chi connectivity index (χ1n) is 15.2. The second-order valence-electron chi connectivity index (χ2n) is 11.2. The van der Waals surface area contributed by atoms with Crippen molar-refractivity contribution in [2.45, 2.75) is 58.2 Å². The molecule has 11 heteroatoms. The van der Waals surface area contributed by atoms with Gasteiger partial charge in [-0.2, -0.15) is 9.97 Å². The highest BCUT2D eigenvalue weighted by Gasteiger charge is 2.32. The molecule has 1 N–H and O–H groups in total. The lowest BCUT2D eigenvalue weighted by Gasteiger charge is -2.26. The van der Waals surface area contributed by atoms with Gasteiger partial charge in [0.25, 0.3) is 0 Å². The number of piperidine rings is 1. The summed E-state index contributed by atoms with van der Waals surface area (Å²) < 4.78 is 23.3. The van der Waals surface area contributed by atoms with E-state index >= 15 is 0 Å². The van der Waals surface area contributed by atoms with Crippen LogP contribution in [0.3, 0.4) is 0 Å². The first kappa shape index (κ1) is 31.8. The van der Waals surface area contributed by atoms with Gasteiger partial charge in [0.1, 0.15) is 25.0 Å². The summed E-state index contributed by atoms with van der Waals surface area (Å²) in [7, 11) is 3.00. The van der Waals surface area contributed by atoms with Crippen molar-refractivity contribution >= 4 is 17.6 Å². The van der Waals surface area contributed by atoms with E-state index in [0.29, 0.717) is 30.2 Å². The van der Waals surface area contributed by atoms with Crippen molar-refractivity contribution < 1.29 is 28.8 Å². The molecule has 0 spiro atoms. The van der Waals surface area contributed by atoms with Gasteiger partial charge in [0.05, 0.1) is 24.8 Å². The van der Waals surface area contributed by atoms with Gasteiger partial charge in [-0.3, -0.25) is 14.6 Å². The number of carboxylic acids is 1. The summed E-state index contributed by atoms with van der Waals surface area (Å²) in [4.78, 5) is 24.9. The number of carbonyl (C=O) groups is 1. The molecule has 5 rings (SSSR count). The van der Waals surface area contributed by atoms with Crippen LogP contribution >= 0.6 is 11.6 Å². The van der Waals surface area contributed by atoms with Crippen LogP contribution in [0.25, 0.3) is 11.1 Å². The monoisotopic (exact) mass is 624 g/mol. The van der Waals surface area contributed by atoms with Crippen LogP contribution in [-0.4, -0.2) is 83.9 Å². The summed E-state index contributed by atoms with van der Waals surface area (Å²) in [5.41, 5.74) is 4.26. The number of benzene rings is 2. The van der Waals surface area contributed by atoms with E-state index in [-0.39, 0.29) is 30.9 Å². The van der Waals surface area contributed by atoms with Gasteiger partial charge in [-0.15, -0.1) is 0 Å². The van der Waals surface area contributed by atoms with E-state index in [9.17, 15) is 9.90 Å². The van der Waals surface area contributed by atoms with Gasteiger partial charge in [0, 0.05) is 24.2 Å². The number of aromatic nitrogens is 2. The Morgan fingerprint density at radius 2 is 1.66 bits per heavy atom. The van der Waals surface area contributed by atoms with Gasteiger partial charge in [-0.25, -0.2) is 0 Å². The zero-order valence-electron chi connectivity index (χ0n) is 25.7. The second-order valence-corrected chi connectivity index (χ2v) is 11.6. The molecule has 10 nitrogen and oxygen atoms in total. The summed E-state index contributed by atoms with van der Waals surface area (Å²) >= 11 is 6.95. The van der Waals surface area contributed by atoms with Gasteiger partial charge >= 0.3 is 12.0 Å². The minimum absolute atomic E-state index is 0.0698. The molecule has 0 aliphatic carbocycles. The van der Waals surface area contributed by atoms with Gasteiger partial charge < -0.3 is 24.1 Å². The van der Waals surface area contributed by atoms with Crippen molar-refractivity contribution in [2.24, 2.45) is 0 Å². The van der Waals surface area contributed by atoms with Gasteiger partial charge in [-0.05, 0) is 69.4 Å². The van der Waals surface area contributed by atoms with Crippen molar-refractivity contribution in [1.82, 2.24) is 19.8 Å². The van der Waals surface area contributed by atoms with Crippen LogP contribution in [0, 0.1) is 6.92 Å². The average Bonchev–Trinajstić information content (AvgIpc) is 3.51. The predicted octanol–water partition coefficient (Wildman–Crippen LogP) is 5.62. The molecular formula is C33H41ClN4O6. The summed E-state index contributed by atoms with van der Waals surface area (Å²) in [5, 5.41) is 10.2. The van der Waals surface area contributed by atoms with Gasteiger partial charge in [-0.1, -0.05) is 48.4 Å². The Hall–Kier alpha value is -3.60. The van der Waals surface area contributed by atoms with E-state index in [2.05, 4.69) is 21.8 Å². The summed E-state index contributed by atoms with van der Waals surface area (Å²) in [5.74, 6) is 0.558. The topological polar surface area (TPSA) is 106 Å². The van der Waals surface area contributed by atoms with Gasteiger partial charge in [0.15, 0.2) is 0 Å². The molecule has 2 aromatic carbocycles. The zero-order chi connectivity index (χ0) is 31.1. The number of hydrogen-bond acceptors (Lipinski definition) is 9. The molecule has 0 radical (unpaired) electrons. The second kappa shape index (κ2) is 14.9. The lowest BCUT2D eigenvalue weighted by atomic mass is 9.98. The molecule has 3 heterocycles. The van der Waals surface area contributed by atoms with Crippen molar-refractivity contribution in [3.63, 3.8) is 0 Å². The summed E-state index contributed by atoms with van der Waals surface area (Å²) in [6, 6.07) is 11.4. The number of ether oxygens (including phenoxy) is 4. The molecule has 0 amide bonds. The van der Waals surface area contributed by atoms with Crippen LogP contribution in [0.4, 0.5) is 0 Å². The number of rotatable bonds is 13. The van der Waals surface area contributed by atoms with Crippen molar-refractivity contribution in [3.05, 3.63) is 58.1 Å². The summed E-state index contributed by atoms with van der Waals surface area (Å²) in [6.07, 6.45) is 5.25. The minimum atomic E-state index is -0.845. The first-order chi connectivity index (χ1) is 21.4. The Bertz CT molecular complexity index is 1420. The number of carboxylic acid groups (broad SMARTS) is 1. The Balaban J connectivity index is 1.29. The molecule has 44 heavy (non-hydrogen) atoms. The van der Waals surface area contributed by atoms with Crippen LogP contribution in [0.1, 0.15) is 48.8 Å². The molecule has 0 unspecified atom stereocenters. The maximum atomic E-state index is 11.7. The third-order valence-electron chi connectivity index (χ3n) is 8.43. The third-order valence-corrected chi connectivity index (χ3v) is 8.88. The van der Waals surface area contributed by atoms with E-state index in [0.717, 1.165) is 54.1 Å². The molecule has 2 fully saturated rings. The van der Waals surface area contributed by atoms with E-state index in [4.69, 9.17) is 30.5 Å². The molecule has 3 aromatic rings. The maximum absolute atomic E-state index is 11.7. The molecule has 2 saturated heterocycles. The predicted molar refractivity (Wildman–Crippen MR) is 168 cm³/mol. The molecule has 1 aromatic heterocycles. The van der Waals surface area contributed by atoms with E-state index in [1.54, 1.807) is 0 Å². The highest BCUT2D eigenvalue weighted by molar-refractivity contribution is 6.34. The van der Waals surface area contributed by atoms with Crippen LogP contribution in [0.2, 0.25) is 5.02 Å². The zero-order valence-corrected chi connectivity index (χ0v) is 26.4. The van der Waals surface area contributed by atoms with Gasteiger partial charge in [0.2, 0.25) is 11.8 Å². The number of methoxy groups -OCH3 is 2. The van der Waals surface area contributed by atoms with Crippen LogP contribution in [0.15, 0.2) is 36.4 Å². The number of aliphatic carboxylic acids is 1. The minimum Gasteiger partial charge on any atom is -0.492 e. The normalized spacial score (nSPS) is 17.4. The number of nitrogens with zero attached hydrogens (tertiary/aromatic N) is 4. The third kappa shape index (κ3) is 7.36. The SMILES string of the molecule is COc1nc(OCc2cccc(-c3cccc(OCCN4CCCCC4)c3C)c2Cl)nc(OC)c1CN1CCC[C@H]1C(=O)O. The quantitative estimate of drug-likeness (QED) is 0.258. The van der Waals surface area contributed by atoms with Crippen molar-refractivity contribution in [1.29, 1.82) is 0 Å². The van der Waals surface area contributed by atoms with Crippen LogP contribution in [-0.2, 0) is 17.9 Å². The Morgan fingerprint density at radius 1 is 0.955 bits per heavy atom. The standard InChI is InChI=1S/C33H41ClN4O6/c1-22-24(11-8-14-28(22)43-19-18-37-15-5-4-6-16-37)25-12-7-10-23(29(25)34)21-44-33-35-30(41-2)26(31(36-33)42-3)20-38-17-9-13-27(38)32(39)40/h7-8,10-12,14,27H,4-6,9,13,15-21H2,1-3H3,(H,39,40)/t27-/m0/s1. The van der Waals surface area contributed by atoms with Crippen LogP contribution in [0.5, 0.6) is 23.5 Å². The lowest BCUT2D eigenvalue weighted by Crippen LogP contribution is -2.35. The van der Waals surface area contributed by atoms with Crippen LogP contribution < -0.4 is 18.9 Å². The molecule has 0 saturated carbocycles. The maximum Gasteiger partial charge on any atom is 0.323 e. The molecule has 0 bridgehead atoms. The summed E-state index contributed by atoms with van der Waals surface area (Å²) in [6.45, 7) is 6.99. The first-order valence-corrected chi connectivity index (χ1v) is 15.6. The number of likely N-dealkylation sites (tertiary alicyclic amines) is 2. The smallest absolute Gasteiger partial charge is 0.323 e. The molecule has 2 aliphatic heterocycles. The Morgan fingerprint density at radius 3 is 2.36 bits per heavy atom. The lowest BCUT2D eigenvalue weighted by molar-refractivity contribution is -0.142. The molecular weight excluding hydrogens is 584 g/mol. The fourth-order valence-electron chi connectivity index (χ4n) is 6.03. The van der Waals surface area contributed by atoms with E-state index in [1.165, 1.54) is 33.5 Å². The highest BCUT2D eigenvalue weighted by atomic mass is 35.5.